The van der Waals surface area contributed by atoms with Crippen LogP contribution >= 0.6 is 0 Å². The Hall–Kier alpha value is -2.31. The normalized spacial score (nSPS) is 15.0. The Morgan fingerprint density at radius 1 is 1.24 bits per heavy atom. The molecule has 1 aromatic heterocycles. The predicted molar refractivity (Wildman–Crippen MR) is 69.5 cm³/mol. The smallest absolute Gasteiger partial charge is 0.348 e. The third-order valence-corrected chi connectivity index (χ3v) is 3.16. The molecule has 21 heavy (non-hydrogen) atoms. The van der Waals surface area contributed by atoms with Gasteiger partial charge in [0, 0.05) is 11.6 Å². The second-order valence-electron chi connectivity index (χ2n) is 4.92. The van der Waals surface area contributed by atoms with Gasteiger partial charge in [-0.2, -0.15) is 13.2 Å². The number of imidazole rings is 1. The maximum Gasteiger partial charge on any atom is 0.449 e. The minimum absolute atomic E-state index is 0.0149. The van der Waals surface area contributed by atoms with Crippen LogP contribution in [-0.2, 0) is 6.18 Å². The summed E-state index contributed by atoms with van der Waals surface area (Å²) < 4.78 is 38.4. The van der Waals surface area contributed by atoms with Crippen LogP contribution in [0.2, 0.25) is 0 Å². The first-order valence-corrected chi connectivity index (χ1v) is 6.48. The van der Waals surface area contributed by atoms with Crippen molar-refractivity contribution >= 4 is 5.91 Å². The van der Waals surface area contributed by atoms with Crippen LogP contribution in [0.4, 0.5) is 13.2 Å². The van der Waals surface area contributed by atoms with Gasteiger partial charge in [-0.3, -0.25) is 4.79 Å². The van der Waals surface area contributed by atoms with Crippen molar-refractivity contribution in [1.82, 2.24) is 15.3 Å². The first-order valence-electron chi connectivity index (χ1n) is 6.48. The fourth-order valence-electron chi connectivity index (χ4n) is 1.96. The SMILES string of the molecule is O=C(NC1CC1)c1[nH]c(C(F)(F)F)nc1-c1ccccc1. The topological polar surface area (TPSA) is 57.8 Å². The summed E-state index contributed by atoms with van der Waals surface area (Å²) in [7, 11) is 0. The summed E-state index contributed by atoms with van der Waals surface area (Å²) in [6, 6.07) is 8.39. The molecule has 0 unspecified atom stereocenters. The van der Waals surface area contributed by atoms with Gasteiger partial charge >= 0.3 is 6.18 Å². The zero-order chi connectivity index (χ0) is 15.0. The molecule has 0 radical (unpaired) electrons. The van der Waals surface area contributed by atoms with Gasteiger partial charge in [0.25, 0.3) is 5.91 Å². The van der Waals surface area contributed by atoms with E-state index in [0.717, 1.165) is 12.8 Å². The van der Waals surface area contributed by atoms with Gasteiger partial charge in [0.15, 0.2) is 0 Å². The minimum atomic E-state index is -4.62. The van der Waals surface area contributed by atoms with Crippen molar-refractivity contribution in [3.05, 3.63) is 41.9 Å². The van der Waals surface area contributed by atoms with E-state index in [1.807, 2.05) is 0 Å². The zero-order valence-corrected chi connectivity index (χ0v) is 10.9. The van der Waals surface area contributed by atoms with E-state index in [1.165, 1.54) is 0 Å². The summed E-state index contributed by atoms with van der Waals surface area (Å²) in [5.41, 5.74) is 0.326. The Morgan fingerprint density at radius 2 is 1.90 bits per heavy atom. The number of amides is 1. The molecule has 0 spiro atoms. The molecule has 0 atom stereocenters. The molecule has 0 bridgehead atoms. The zero-order valence-electron chi connectivity index (χ0n) is 10.9. The quantitative estimate of drug-likeness (QED) is 0.914. The summed E-state index contributed by atoms with van der Waals surface area (Å²) >= 11 is 0. The average molecular weight is 295 g/mol. The van der Waals surface area contributed by atoms with Crippen molar-refractivity contribution in [2.45, 2.75) is 25.1 Å². The van der Waals surface area contributed by atoms with Crippen LogP contribution in [0.15, 0.2) is 30.3 Å². The lowest BCUT2D eigenvalue weighted by molar-refractivity contribution is -0.144. The van der Waals surface area contributed by atoms with Gasteiger partial charge in [-0.05, 0) is 12.8 Å². The third kappa shape index (κ3) is 2.91. The van der Waals surface area contributed by atoms with Crippen LogP contribution in [-0.4, -0.2) is 21.9 Å². The Bertz CT molecular complexity index is 660. The highest BCUT2D eigenvalue weighted by Crippen LogP contribution is 2.31. The lowest BCUT2D eigenvalue weighted by Gasteiger charge is -2.03. The number of hydrogen-bond donors (Lipinski definition) is 2. The first kappa shape index (κ1) is 13.7. The van der Waals surface area contributed by atoms with Gasteiger partial charge in [0.2, 0.25) is 5.82 Å². The van der Waals surface area contributed by atoms with Gasteiger partial charge in [0.1, 0.15) is 11.4 Å². The second-order valence-corrected chi connectivity index (χ2v) is 4.92. The van der Waals surface area contributed by atoms with E-state index in [2.05, 4.69) is 15.3 Å². The molecule has 2 aromatic rings. The number of rotatable bonds is 3. The number of hydrogen-bond acceptors (Lipinski definition) is 2. The van der Waals surface area contributed by atoms with Crippen LogP contribution in [0.1, 0.15) is 29.2 Å². The van der Waals surface area contributed by atoms with E-state index in [1.54, 1.807) is 30.3 Å². The van der Waals surface area contributed by atoms with E-state index in [4.69, 9.17) is 0 Å². The van der Waals surface area contributed by atoms with Gasteiger partial charge in [-0.25, -0.2) is 4.98 Å². The Morgan fingerprint density at radius 3 is 2.48 bits per heavy atom. The van der Waals surface area contributed by atoms with Crippen LogP contribution in [0.3, 0.4) is 0 Å². The summed E-state index contributed by atoms with van der Waals surface area (Å²) in [6.45, 7) is 0. The monoisotopic (exact) mass is 295 g/mol. The predicted octanol–water partition coefficient (Wildman–Crippen LogP) is 2.99. The Labute approximate surface area is 118 Å². The number of carbonyl (C=O) groups excluding carboxylic acids is 1. The second kappa shape index (κ2) is 4.91. The van der Waals surface area contributed by atoms with Crippen molar-refractivity contribution < 1.29 is 18.0 Å². The van der Waals surface area contributed by atoms with E-state index in [-0.39, 0.29) is 17.4 Å². The van der Waals surface area contributed by atoms with Crippen molar-refractivity contribution in [3.8, 4) is 11.3 Å². The van der Waals surface area contributed by atoms with Crippen molar-refractivity contribution in [3.63, 3.8) is 0 Å². The third-order valence-electron chi connectivity index (χ3n) is 3.16. The molecule has 1 heterocycles. The molecular weight excluding hydrogens is 283 g/mol. The van der Waals surface area contributed by atoms with E-state index in [0.29, 0.717) is 5.56 Å². The summed E-state index contributed by atoms with van der Waals surface area (Å²) in [5.74, 6) is -1.72. The van der Waals surface area contributed by atoms with E-state index in [9.17, 15) is 18.0 Å². The fourth-order valence-corrected chi connectivity index (χ4v) is 1.96. The van der Waals surface area contributed by atoms with E-state index >= 15 is 0 Å². The van der Waals surface area contributed by atoms with Gasteiger partial charge < -0.3 is 10.3 Å². The highest BCUT2D eigenvalue weighted by atomic mass is 19.4. The molecule has 1 amide bonds. The number of aromatic nitrogens is 2. The van der Waals surface area contributed by atoms with Gasteiger partial charge in [-0.1, -0.05) is 30.3 Å². The van der Waals surface area contributed by atoms with Crippen LogP contribution in [0.5, 0.6) is 0 Å². The molecule has 110 valence electrons. The van der Waals surface area contributed by atoms with Crippen LogP contribution in [0, 0.1) is 0 Å². The highest BCUT2D eigenvalue weighted by molar-refractivity contribution is 5.98. The molecule has 3 rings (SSSR count). The summed E-state index contributed by atoms with van der Waals surface area (Å²) in [6.07, 6.45) is -2.92. The first-order chi connectivity index (χ1) is 9.95. The number of benzene rings is 1. The Balaban J connectivity index is 2.03. The van der Waals surface area contributed by atoms with Crippen molar-refractivity contribution in [2.24, 2.45) is 0 Å². The van der Waals surface area contributed by atoms with Crippen LogP contribution < -0.4 is 5.32 Å². The molecule has 2 N–H and O–H groups in total. The number of nitrogens with one attached hydrogen (secondary N) is 2. The molecule has 1 aromatic carbocycles. The van der Waals surface area contributed by atoms with Gasteiger partial charge in [-0.15, -0.1) is 0 Å². The summed E-state index contributed by atoms with van der Waals surface area (Å²) in [5, 5.41) is 2.67. The molecule has 4 nitrogen and oxygen atoms in total. The minimum Gasteiger partial charge on any atom is -0.348 e. The molecular formula is C14H12F3N3O. The van der Waals surface area contributed by atoms with Crippen molar-refractivity contribution in [2.75, 3.05) is 0 Å². The molecule has 1 aliphatic carbocycles. The largest absolute Gasteiger partial charge is 0.449 e. The van der Waals surface area contributed by atoms with Crippen molar-refractivity contribution in [1.29, 1.82) is 0 Å². The standard InChI is InChI=1S/C14H12F3N3O/c15-14(16,17)13-19-10(8-4-2-1-3-5-8)11(20-13)12(21)18-9-6-7-9/h1-5,9H,6-7H2,(H,18,21)(H,19,20). The molecule has 1 saturated carbocycles. The van der Waals surface area contributed by atoms with Gasteiger partial charge in [0.05, 0.1) is 0 Å². The Kier molecular flexibility index (Phi) is 3.19. The maximum absolute atomic E-state index is 12.8. The average Bonchev–Trinajstić information content (AvgIpc) is 3.12. The molecule has 1 aliphatic rings. The molecule has 7 heteroatoms. The molecule has 0 saturated heterocycles. The van der Waals surface area contributed by atoms with Crippen LogP contribution in [0.25, 0.3) is 11.3 Å². The highest BCUT2D eigenvalue weighted by Gasteiger charge is 2.37. The fraction of sp³-hybridized carbons (Fsp3) is 0.286. The molecule has 1 fully saturated rings. The maximum atomic E-state index is 12.8. The number of H-pyrrole nitrogens is 1. The lowest BCUT2D eigenvalue weighted by Crippen LogP contribution is -2.26. The molecule has 0 aliphatic heterocycles. The lowest BCUT2D eigenvalue weighted by atomic mass is 10.1. The number of aromatic amines is 1. The summed E-state index contributed by atoms with van der Waals surface area (Å²) in [4.78, 5) is 17.7. The number of halogens is 3. The number of nitrogens with zero attached hydrogens (tertiary/aromatic N) is 1. The number of alkyl halides is 3. The number of carbonyl (C=O) groups is 1. The van der Waals surface area contributed by atoms with E-state index < -0.39 is 17.9 Å².